The van der Waals surface area contributed by atoms with Crippen LogP contribution in [0, 0.1) is 24.2 Å². The van der Waals surface area contributed by atoms with E-state index in [-0.39, 0.29) is 30.2 Å². The van der Waals surface area contributed by atoms with Gasteiger partial charge in [0.2, 0.25) is 0 Å². The summed E-state index contributed by atoms with van der Waals surface area (Å²) in [5, 5.41) is 19.2. The van der Waals surface area contributed by atoms with Gasteiger partial charge in [0, 0.05) is 29.8 Å². The number of benzene rings is 2. The lowest BCUT2D eigenvalue weighted by Gasteiger charge is -2.29. The van der Waals surface area contributed by atoms with E-state index in [4.69, 9.17) is 21.1 Å². The number of carbonyl (C=O) groups excluding carboxylic acids is 1. The highest BCUT2D eigenvalue weighted by Crippen LogP contribution is 2.46. The monoisotopic (exact) mass is 536 g/mol. The molecule has 0 spiro atoms. The van der Waals surface area contributed by atoms with Crippen LogP contribution in [0.3, 0.4) is 0 Å². The van der Waals surface area contributed by atoms with Crippen molar-refractivity contribution in [1.29, 1.82) is 5.26 Å². The number of hydrogen-bond acceptors (Lipinski definition) is 7. The second-order valence-electron chi connectivity index (χ2n) is 9.40. The quantitative estimate of drug-likeness (QED) is 0.498. The number of halogens is 1. The summed E-state index contributed by atoms with van der Waals surface area (Å²) in [6.45, 7) is 1.97. The molecule has 5 rings (SSSR count). The second kappa shape index (κ2) is 9.69. The number of nitrogens with zero attached hydrogens (tertiary/aromatic N) is 3. The maximum absolute atomic E-state index is 12.6. The van der Waals surface area contributed by atoms with Crippen molar-refractivity contribution in [3.63, 3.8) is 0 Å². The molecule has 0 unspecified atom stereocenters. The van der Waals surface area contributed by atoms with Crippen molar-refractivity contribution >= 4 is 38.7 Å². The molecule has 1 aromatic heterocycles. The van der Waals surface area contributed by atoms with E-state index in [9.17, 15) is 18.5 Å². The number of nitrogens with one attached hydrogen (secondary N) is 1. The summed E-state index contributed by atoms with van der Waals surface area (Å²) < 4.78 is 28.8. The van der Waals surface area contributed by atoms with E-state index >= 15 is 0 Å². The number of rotatable bonds is 6. The number of amides is 1. The van der Waals surface area contributed by atoms with Crippen LogP contribution in [0.4, 0.5) is 5.69 Å². The maximum Gasteiger partial charge on any atom is 0.251 e. The number of furan rings is 1. The Labute approximate surface area is 220 Å². The van der Waals surface area contributed by atoms with Crippen LogP contribution in [0.15, 0.2) is 58.0 Å². The summed E-state index contributed by atoms with van der Waals surface area (Å²) >= 11 is 6.36. The largest absolute Gasteiger partial charge is 0.464 e. The zero-order valence-electron chi connectivity index (χ0n) is 20.4. The third-order valence-electron chi connectivity index (χ3n) is 6.73. The number of nitriles is 1. The molecule has 3 aromatic rings. The molecule has 0 radical (unpaired) electrons. The van der Waals surface area contributed by atoms with Crippen molar-refractivity contribution in [2.24, 2.45) is 11.0 Å². The number of hydrazone groups is 1. The van der Waals surface area contributed by atoms with Crippen LogP contribution in [-0.2, 0) is 16.3 Å². The summed E-state index contributed by atoms with van der Waals surface area (Å²) in [5.41, 5.74) is 4.53. The molecule has 0 bridgehead atoms. The van der Waals surface area contributed by atoms with Gasteiger partial charge in [-0.1, -0.05) is 17.7 Å². The number of sulfone groups is 1. The Hall–Kier alpha value is -3.61. The Balaban J connectivity index is 1.48. The first-order chi connectivity index (χ1) is 17.6. The molecule has 1 amide bonds. The van der Waals surface area contributed by atoms with Crippen molar-refractivity contribution in [2.45, 2.75) is 25.8 Å². The van der Waals surface area contributed by atoms with Crippen molar-refractivity contribution in [3.8, 4) is 6.07 Å². The standard InChI is InChI=1S/C27H25ClN4O4S/c1-16-3-10-24(36-16)26-22-9-5-17-13-18(27(33)30-11-12-37(2,34)35)6-8-21(17)25(22)31-32(26)20-7-4-19(15-29)23(28)14-20/h3-4,6-8,10,13-14,22,26H,5,9,11-12H2,1-2H3,(H,30,33)/t22-,26+/m0/s1. The Bertz CT molecular complexity index is 1570. The molecule has 1 aliphatic carbocycles. The van der Waals surface area contributed by atoms with Crippen LogP contribution in [0.2, 0.25) is 5.02 Å². The second-order valence-corrected chi connectivity index (χ2v) is 12.1. The normalized spacial score (nSPS) is 18.5. The summed E-state index contributed by atoms with van der Waals surface area (Å²) in [6.07, 6.45) is 2.70. The Morgan fingerprint density at radius 3 is 2.73 bits per heavy atom. The molecule has 2 heterocycles. The molecule has 10 heteroatoms. The maximum atomic E-state index is 12.6. The third-order valence-corrected chi connectivity index (χ3v) is 7.99. The SMILES string of the molecule is Cc1ccc([C@H]2[C@H]3CCc4cc(C(=O)NCCS(C)(=O)=O)ccc4C3=NN2c2ccc(C#N)c(Cl)c2)o1. The lowest BCUT2D eigenvalue weighted by atomic mass is 9.78. The summed E-state index contributed by atoms with van der Waals surface area (Å²) in [4.78, 5) is 12.6. The Kier molecular flexibility index (Phi) is 6.56. The lowest BCUT2D eigenvalue weighted by molar-refractivity contribution is 0.0956. The zero-order valence-corrected chi connectivity index (χ0v) is 21.9. The van der Waals surface area contributed by atoms with Gasteiger partial charge in [0.1, 0.15) is 33.5 Å². The summed E-state index contributed by atoms with van der Waals surface area (Å²) in [6, 6.07) is 16.6. The molecule has 190 valence electrons. The van der Waals surface area contributed by atoms with Gasteiger partial charge < -0.3 is 9.73 Å². The van der Waals surface area contributed by atoms with Gasteiger partial charge in [-0.3, -0.25) is 9.80 Å². The van der Waals surface area contributed by atoms with Crippen LogP contribution in [0.5, 0.6) is 0 Å². The number of aryl methyl sites for hydroxylation is 2. The third kappa shape index (κ3) is 4.99. The van der Waals surface area contributed by atoms with Gasteiger partial charge in [0.15, 0.2) is 0 Å². The van der Waals surface area contributed by atoms with Crippen LogP contribution < -0.4 is 10.3 Å². The van der Waals surface area contributed by atoms with E-state index in [1.54, 1.807) is 18.2 Å². The minimum absolute atomic E-state index is 0.0573. The van der Waals surface area contributed by atoms with E-state index in [0.29, 0.717) is 16.1 Å². The highest BCUT2D eigenvalue weighted by atomic mass is 35.5. The fraction of sp³-hybridized carbons (Fsp3) is 0.296. The molecule has 8 nitrogen and oxygen atoms in total. The van der Waals surface area contributed by atoms with Crippen molar-refractivity contribution in [2.75, 3.05) is 23.6 Å². The molecule has 37 heavy (non-hydrogen) atoms. The Morgan fingerprint density at radius 2 is 2.05 bits per heavy atom. The first kappa shape index (κ1) is 25.1. The fourth-order valence-corrected chi connectivity index (χ4v) is 5.65. The zero-order chi connectivity index (χ0) is 26.3. The first-order valence-electron chi connectivity index (χ1n) is 11.9. The smallest absolute Gasteiger partial charge is 0.251 e. The van der Waals surface area contributed by atoms with E-state index in [1.165, 1.54) is 0 Å². The highest BCUT2D eigenvalue weighted by Gasteiger charge is 2.43. The molecule has 1 N–H and O–H groups in total. The minimum atomic E-state index is -3.15. The topological polar surface area (TPSA) is 116 Å². The first-order valence-corrected chi connectivity index (χ1v) is 14.3. The van der Waals surface area contributed by atoms with Crippen molar-refractivity contribution in [1.82, 2.24) is 5.32 Å². The summed E-state index contributed by atoms with van der Waals surface area (Å²) in [7, 11) is -3.15. The van der Waals surface area contributed by atoms with Gasteiger partial charge in [-0.25, -0.2) is 8.42 Å². The van der Waals surface area contributed by atoms with Gasteiger partial charge in [0.05, 0.1) is 27.7 Å². The van der Waals surface area contributed by atoms with E-state index in [0.717, 1.165) is 53.1 Å². The molecule has 0 fully saturated rings. The average Bonchev–Trinajstić information content (AvgIpc) is 3.46. The van der Waals surface area contributed by atoms with Crippen LogP contribution >= 0.6 is 11.6 Å². The predicted molar refractivity (Wildman–Crippen MR) is 142 cm³/mol. The molecule has 1 aliphatic heterocycles. The molecule has 2 aliphatic rings. The van der Waals surface area contributed by atoms with E-state index < -0.39 is 9.84 Å². The van der Waals surface area contributed by atoms with Gasteiger partial charge in [0.25, 0.3) is 5.91 Å². The molecular formula is C27H25ClN4O4S. The average molecular weight is 537 g/mol. The van der Waals surface area contributed by atoms with Crippen LogP contribution in [0.25, 0.3) is 0 Å². The number of carbonyl (C=O) groups is 1. The lowest BCUT2D eigenvalue weighted by Crippen LogP contribution is -2.30. The minimum Gasteiger partial charge on any atom is -0.464 e. The van der Waals surface area contributed by atoms with Gasteiger partial charge in [-0.15, -0.1) is 0 Å². The predicted octanol–water partition coefficient (Wildman–Crippen LogP) is 4.42. The van der Waals surface area contributed by atoms with E-state index in [2.05, 4.69) is 11.4 Å². The summed E-state index contributed by atoms with van der Waals surface area (Å²) in [5.74, 6) is 1.25. The molecule has 0 saturated carbocycles. The van der Waals surface area contributed by atoms with Gasteiger partial charge >= 0.3 is 0 Å². The Morgan fingerprint density at radius 1 is 1.24 bits per heavy atom. The number of fused-ring (bicyclic) bond motifs is 3. The van der Waals surface area contributed by atoms with Crippen LogP contribution in [0.1, 0.15) is 51.0 Å². The fourth-order valence-electron chi connectivity index (χ4n) is 4.96. The van der Waals surface area contributed by atoms with Gasteiger partial charge in [-0.05, 0) is 67.8 Å². The molecular weight excluding hydrogens is 512 g/mol. The number of hydrogen-bond donors (Lipinski definition) is 1. The molecule has 2 atom stereocenters. The van der Waals surface area contributed by atoms with Crippen molar-refractivity contribution in [3.05, 3.63) is 87.3 Å². The van der Waals surface area contributed by atoms with E-state index in [1.807, 2.05) is 42.3 Å². The molecule has 0 saturated heterocycles. The highest BCUT2D eigenvalue weighted by molar-refractivity contribution is 7.90. The van der Waals surface area contributed by atoms with Crippen molar-refractivity contribution < 1.29 is 17.6 Å². The van der Waals surface area contributed by atoms with Gasteiger partial charge in [-0.2, -0.15) is 10.4 Å². The number of anilines is 1. The molecule has 2 aromatic carbocycles. The van der Waals surface area contributed by atoms with Crippen LogP contribution in [-0.4, -0.2) is 38.6 Å².